The molecular weight excluding hydrogens is 218 g/mol. The van der Waals surface area contributed by atoms with Gasteiger partial charge in [-0.1, -0.05) is 24.3 Å². The quantitative estimate of drug-likeness (QED) is 0.802. The van der Waals surface area contributed by atoms with Gasteiger partial charge in [0.2, 0.25) is 0 Å². The maximum atomic E-state index is 11.7. The second kappa shape index (κ2) is 4.97. The molecule has 1 saturated heterocycles. The Morgan fingerprint density at radius 3 is 2.59 bits per heavy atom. The van der Waals surface area contributed by atoms with E-state index in [1.54, 1.807) is 14.2 Å². The first-order chi connectivity index (χ1) is 8.24. The van der Waals surface area contributed by atoms with E-state index in [1.807, 2.05) is 24.3 Å². The van der Waals surface area contributed by atoms with Crippen molar-refractivity contribution >= 4 is 11.9 Å². The molecule has 5 nitrogen and oxygen atoms in total. The third-order valence-electron chi connectivity index (χ3n) is 2.63. The lowest BCUT2D eigenvalue weighted by atomic mass is 10.1. The number of hydrogen-bond acceptors (Lipinski definition) is 3. The Kier molecular flexibility index (Phi) is 3.39. The summed E-state index contributed by atoms with van der Waals surface area (Å²) in [5.41, 5.74) is 2.00. The first-order valence-corrected chi connectivity index (χ1v) is 5.36. The number of carbonyl (C=O) groups excluding carboxylic acids is 1. The number of nitrogens with one attached hydrogen (secondary N) is 2. The lowest BCUT2D eigenvalue weighted by Crippen LogP contribution is -2.24. The lowest BCUT2D eigenvalue weighted by Gasteiger charge is -2.08. The van der Waals surface area contributed by atoms with Gasteiger partial charge in [0.05, 0.1) is 6.61 Å². The van der Waals surface area contributed by atoms with Gasteiger partial charge in [0, 0.05) is 14.2 Å². The number of benzene rings is 1. The van der Waals surface area contributed by atoms with E-state index in [1.165, 1.54) is 0 Å². The number of hydrogen-bond donors (Lipinski definition) is 2. The molecule has 0 bridgehead atoms. The van der Waals surface area contributed by atoms with Gasteiger partial charge in [-0.2, -0.15) is 0 Å². The standard InChI is InChI=1S/C12H15N3O2/c1-13-12-14-10(11(16)15-12)9-5-3-8(4-6-9)7-17-2/h3-6,10H,7H2,1-2H3,(H2,13,14,15,16). The van der Waals surface area contributed by atoms with Gasteiger partial charge < -0.3 is 10.1 Å². The zero-order valence-corrected chi connectivity index (χ0v) is 9.86. The molecule has 90 valence electrons. The highest BCUT2D eigenvalue weighted by Crippen LogP contribution is 2.17. The van der Waals surface area contributed by atoms with Gasteiger partial charge in [-0.3, -0.25) is 15.1 Å². The van der Waals surface area contributed by atoms with Gasteiger partial charge in [-0.05, 0) is 11.1 Å². The molecule has 1 aliphatic heterocycles. The fraction of sp³-hybridized carbons (Fsp3) is 0.333. The third kappa shape index (κ3) is 2.45. The molecule has 1 aliphatic rings. The second-order valence-corrected chi connectivity index (χ2v) is 3.81. The van der Waals surface area contributed by atoms with Crippen LogP contribution in [0.2, 0.25) is 0 Å². The van der Waals surface area contributed by atoms with Crippen LogP contribution in [0.3, 0.4) is 0 Å². The van der Waals surface area contributed by atoms with E-state index in [-0.39, 0.29) is 11.9 Å². The minimum atomic E-state index is -0.356. The summed E-state index contributed by atoms with van der Waals surface area (Å²) in [5, 5.41) is 5.68. The average Bonchev–Trinajstić information content (AvgIpc) is 2.72. The van der Waals surface area contributed by atoms with E-state index in [0.717, 1.165) is 11.1 Å². The molecule has 2 N–H and O–H groups in total. The second-order valence-electron chi connectivity index (χ2n) is 3.81. The highest BCUT2D eigenvalue weighted by atomic mass is 16.5. The predicted molar refractivity (Wildman–Crippen MR) is 64.5 cm³/mol. The van der Waals surface area contributed by atoms with Crippen LogP contribution in [-0.4, -0.2) is 26.0 Å². The third-order valence-corrected chi connectivity index (χ3v) is 2.63. The Labute approximate surface area is 99.9 Å². The van der Waals surface area contributed by atoms with Gasteiger partial charge in [0.25, 0.3) is 5.91 Å². The van der Waals surface area contributed by atoms with Gasteiger partial charge >= 0.3 is 0 Å². The molecule has 0 radical (unpaired) electrons. The molecule has 5 heteroatoms. The lowest BCUT2D eigenvalue weighted by molar-refractivity contribution is -0.120. The summed E-state index contributed by atoms with van der Waals surface area (Å²) in [6, 6.07) is 7.39. The fourth-order valence-electron chi connectivity index (χ4n) is 1.76. The number of rotatable bonds is 3. The smallest absolute Gasteiger partial charge is 0.253 e. The zero-order chi connectivity index (χ0) is 12.3. The van der Waals surface area contributed by atoms with E-state index in [4.69, 9.17) is 4.74 Å². The molecule has 1 unspecified atom stereocenters. The minimum absolute atomic E-state index is 0.0786. The molecule has 1 fully saturated rings. The van der Waals surface area contributed by atoms with E-state index < -0.39 is 0 Å². The number of amides is 1. The Balaban J connectivity index is 2.15. The summed E-state index contributed by atoms with van der Waals surface area (Å²) in [4.78, 5) is 15.6. The van der Waals surface area contributed by atoms with Crippen molar-refractivity contribution in [2.45, 2.75) is 12.6 Å². The van der Waals surface area contributed by atoms with Crippen LogP contribution >= 0.6 is 0 Å². The van der Waals surface area contributed by atoms with E-state index in [2.05, 4.69) is 15.6 Å². The van der Waals surface area contributed by atoms with Crippen LogP contribution in [-0.2, 0) is 16.1 Å². The molecule has 1 heterocycles. The molecule has 1 aromatic carbocycles. The van der Waals surface area contributed by atoms with Crippen molar-refractivity contribution in [1.82, 2.24) is 10.6 Å². The van der Waals surface area contributed by atoms with Crippen LogP contribution < -0.4 is 10.6 Å². The topological polar surface area (TPSA) is 62.7 Å². The summed E-state index contributed by atoms with van der Waals surface area (Å²) in [5.74, 6) is 0.436. The van der Waals surface area contributed by atoms with Crippen LogP contribution in [0.5, 0.6) is 0 Å². The Morgan fingerprint density at radius 1 is 1.35 bits per heavy atom. The Morgan fingerprint density at radius 2 is 2.06 bits per heavy atom. The molecule has 0 spiro atoms. The normalized spacial score (nSPS) is 21.4. The zero-order valence-electron chi connectivity index (χ0n) is 9.86. The number of guanidine groups is 1. The Hall–Kier alpha value is -1.88. The van der Waals surface area contributed by atoms with Gasteiger partial charge in [-0.15, -0.1) is 0 Å². The molecular formula is C12H15N3O2. The van der Waals surface area contributed by atoms with Crippen molar-refractivity contribution in [3.63, 3.8) is 0 Å². The van der Waals surface area contributed by atoms with Crippen molar-refractivity contribution in [3.05, 3.63) is 35.4 Å². The highest BCUT2D eigenvalue weighted by Gasteiger charge is 2.28. The van der Waals surface area contributed by atoms with E-state index >= 15 is 0 Å². The van der Waals surface area contributed by atoms with Crippen molar-refractivity contribution in [2.75, 3.05) is 14.2 Å². The van der Waals surface area contributed by atoms with Crippen LogP contribution in [0.15, 0.2) is 29.3 Å². The van der Waals surface area contributed by atoms with Crippen LogP contribution in [0.4, 0.5) is 0 Å². The average molecular weight is 233 g/mol. The van der Waals surface area contributed by atoms with E-state index in [9.17, 15) is 4.79 Å². The summed E-state index contributed by atoms with van der Waals surface area (Å²) in [7, 11) is 3.29. The molecule has 0 aliphatic carbocycles. The fourth-order valence-corrected chi connectivity index (χ4v) is 1.76. The summed E-state index contributed by atoms with van der Waals surface area (Å²) < 4.78 is 5.03. The Bertz CT molecular complexity index is 440. The highest BCUT2D eigenvalue weighted by molar-refractivity contribution is 6.06. The first-order valence-electron chi connectivity index (χ1n) is 5.36. The summed E-state index contributed by atoms with van der Waals surface area (Å²) in [6.45, 7) is 0.576. The molecule has 0 aromatic heterocycles. The predicted octanol–water partition coefficient (Wildman–Crippen LogP) is 0.579. The number of ether oxygens (including phenoxy) is 1. The van der Waals surface area contributed by atoms with Gasteiger partial charge in [-0.25, -0.2) is 0 Å². The summed E-state index contributed by atoms with van der Waals surface area (Å²) >= 11 is 0. The molecule has 17 heavy (non-hydrogen) atoms. The number of carbonyl (C=O) groups is 1. The van der Waals surface area contributed by atoms with Crippen LogP contribution in [0, 0.1) is 0 Å². The SMILES string of the molecule is CN=C1NC(=O)C(c2ccc(COC)cc2)N1. The molecule has 1 amide bonds. The van der Waals surface area contributed by atoms with Gasteiger partial charge in [0.15, 0.2) is 5.96 Å². The number of aliphatic imine (C=N–C) groups is 1. The monoisotopic (exact) mass is 233 g/mol. The molecule has 1 atom stereocenters. The van der Waals surface area contributed by atoms with Crippen molar-refractivity contribution in [3.8, 4) is 0 Å². The largest absolute Gasteiger partial charge is 0.380 e. The first kappa shape index (κ1) is 11.6. The maximum absolute atomic E-state index is 11.7. The molecule has 2 rings (SSSR count). The number of methoxy groups -OCH3 is 1. The van der Waals surface area contributed by atoms with Crippen LogP contribution in [0.25, 0.3) is 0 Å². The maximum Gasteiger partial charge on any atom is 0.253 e. The van der Waals surface area contributed by atoms with Crippen molar-refractivity contribution in [2.24, 2.45) is 4.99 Å². The molecule has 0 saturated carbocycles. The van der Waals surface area contributed by atoms with Crippen molar-refractivity contribution < 1.29 is 9.53 Å². The summed E-state index contributed by atoms with van der Waals surface area (Å²) in [6.07, 6.45) is 0. The van der Waals surface area contributed by atoms with Crippen molar-refractivity contribution in [1.29, 1.82) is 0 Å². The van der Waals surface area contributed by atoms with E-state index in [0.29, 0.717) is 12.6 Å². The molecule has 1 aromatic rings. The van der Waals surface area contributed by atoms with Crippen LogP contribution in [0.1, 0.15) is 17.2 Å². The van der Waals surface area contributed by atoms with Gasteiger partial charge in [0.1, 0.15) is 6.04 Å². The minimum Gasteiger partial charge on any atom is -0.380 e. The number of nitrogens with zero attached hydrogens (tertiary/aromatic N) is 1.